The summed E-state index contributed by atoms with van der Waals surface area (Å²) in [6, 6.07) is 9.80. The number of amides is 2. The Hall–Kier alpha value is -8.25. The fourth-order valence-corrected chi connectivity index (χ4v) is 10.1. The van der Waals surface area contributed by atoms with E-state index in [0.717, 1.165) is 23.1 Å². The van der Waals surface area contributed by atoms with E-state index in [1.54, 1.807) is 75.6 Å². The molecule has 6 N–H and O–H groups in total. The van der Waals surface area contributed by atoms with E-state index in [2.05, 4.69) is 15.6 Å². The number of Topliss-reactive ketones (excluding diaryl/α,β-unsaturated/α-hetero) is 1. The smallest absolute Gasteiger partial charge is 0.345 e. The molecule has 8 rings (SSSR count). The molecule has 4 bridgehead atoms. The second-order valence-corrected chi connectivity index (χ2v) is 20.4. The second-order valence-electron chi connectivity index (χ2n) is 19.4. The van der Waals surface area contributed by atoms with Crippen LogP contribution in [0.3, 0.4) is 0 Å². The first-order valence-electron chi connectivity index (χ1n) is 24.6. The van der Waals surface area contributed by atoms with Gasteiger partial charge in [0.2, 0.25) is 0 Å². The third-order valence-electron chi connectivity index (χ3n) is 13.8. The number of allylic oxidation sites excluding steroid dienone is 2. The van der Waals surface area contributed by atoms with Crippen molar-refractivity contribution < 1.29 is 73.0 Å². The van der Waals surface area contributed by atoms with Crippen LogP contribution < -0.4 is 20.1 Å². The van der Waals surface area contributed by atoms with Gasteiger partial charge in [0.25, 0.3) is 17.6 Å². The van der Waals surface area contributed by atoms with Crippen molar-refractivity contribution in [2.24, 2.45) is 23.7 Å². The maximum Gasteiger partial charge on any atom is 0.345 e. The molecule has 0 saturated heterocycles. The monoisotopic (exact) mass is 1090 g/mol. The highest BCUT2D eigenvalue weighted by atomic mass is 32.1. The molecule has 0 radical (unpaired) electrons. The van der Waals surface area contributed by atoms with Crippen LogP contribution in [0.4, 0.5) is 15.8 Å². The van der Waals surface area contributed by atoms with E-state index < -0.39 is 94.1 Å². The van der Waals surface area contributed by atoms with Gasteiger partial charge >= 0.3 is 22.7 Å². The molecular formula is C55H60N6O16S. The number of aryl methyl sites for hydroxylation is 1. The molecule has 22 nitrogen and oxygen atoms in total. The number of para-hydroxylation sites is 1. The van der Waals surface area contributed by atoms with Crippen molar-refractivity contribution in [3.8, 4) is 23.0 Å². The molecule has 0 spiro atoms. The fourth-order valence-electron chi connectivity index (χ4n) is 9.50. The van der Waals surface area contributed by atoms with Gasteiger partial charge in [-0.05, 0) is 68.0 Å². The largest absolute Gasteiger partial charge is 0.507 e. The van der Waals surface area contributed by atoms with Gasteiger partial charge in [0.1, 0.15) is 51.9 Å². The maximum atomic E-state index is 14.6. The summed E-state index contributed by atoms with van der Waals surface area (Å²) in [4.78, 5) is 82.3. The summed E-state index contributed by atoms with van der Waals surface area (Å²) in [6.45, 7) is 15.9. The number of ether oxygens (including phenoxy) is 5. The van der Waals surface area contributed by atoms with Crippen LogP contribution in [0.2, 0.25) is 0 Å². The predicted molar refractivity (Wildman–Crippen MR) is 288 cm³/mol. The van der Waals surface area contributed by atoms with E-state index in [9.17, 15) is 54.5 Å². The Kier molecular flexibility index (Phi) is 17.1. The number of phenolic OH excluding ortho intramolecular Hbond substituents is 2. The zero-order valence-electron chi connectivity index (χ0n) is 44.5. The lowest BCUT2D eigenvalue weighted by Crippen LogP contribution is -2.46. The van der Waals surface area contributed by atoms with E-state index in [4.69, 9.17) is 28.7 Å². The second kappa shape index (κ2) is 23.2. The Bertz CT molecular complexity index is 3470. The van der Waals surface area contributed by atoms with Crippen molar-refractivity contribution in [1.29, 1.82) is 0 Å². The molecule has 9 atom stereocenters. The number of thiazole rings is 1. The molecule has 412 valence electrons. The van der Waals surface area contributed by atoms with Crippen molar-refractivity contribution >= 4 is 84.1 Å². The highest BCUT2D eigenvalue weighted by molar-refractivity contribution is 7.18. The van der Waals surface area contributed by atoms with E-state index in [-0.39, 0.29) is 77.1 Å². The van der Waals surface area contributed by atoms with E-state index in [1.165, 1.54) is 59.3 Å². The number of hydrogen-bond acceptors (Lipinski definition) is 19. The van der Waals surface area contributed by atoms with Crippen LogP contribution in [-0.2, 0) is 28.6 Å². The van der Waals surface area contributed by atoms with Gasteiger partial charge < -0.3 is 49.4 Å². The number of carbonyl (C=O) groups is 5. The van der Waals surface area contributed by atoms with Gasteiger partial charge in [-0.3, -0.25) is 43.8 Å². The summed E-state index contributed by atoms with van der Waals surface area (Å²) in [5.74, 6) is -7.98. The zero-order chi connectivity index (χ0) is 57.2. The highest BCUT2D eigenvalue weighted by Crippen LogP contribution is 2.54. The van der Waals surface area contributed by atoms with Gasteiger partial charge in [0, 0.05) is 74.3 Å². The number of aromatic hydroxyl groups is 2. The molecule has 78 heavy (non-hydrogen) atoms. The number of nitrogens with zero attached hydrogens (tertiary/aromatic N) is 4. The van der Waals surface area contributed by atoms with Crippen molar-refractivity contribution in [3.63, 3.8) is 0 Å². The van der Waals surface area contributed by atoms with Crippen LogP contribution in [0.1, 0.15) is 87.2 Å². The molecule has 0 saturated carbocycles. The zero-order valence-corrected chi connectivity index (χ0v) is 45.3. The number of fused-ring (bicyclic) bond motifs is 2. The number of imidazole rings is 1. The number of nitro groups is 1. The van der Waals surface area contributed by atoms with Crippen molar-refractivity contribution in [1.82, 2.24) is 14.4 Å². The van der Waals surface area contributed by atoms with Crippen molar-refractivity contribution in [3.05, 3.63) is 117 Å². The maximum absolute atomic E-state index is 14.6. The first kappa shape index (κ1) is 57.5. The predicted octanol–water partition coefficient (Wildman–Crippen LogP) is 8.39. The quantitative estimate of drug-likeness (QED) is 0.0300. The van der Waals surface area contributed by atoms with Crippen LogP contribution >= 0.6 is 11.3 Å². The molecule has 0 fully saturated rings. The number of esters is 2. The molecule has 23 heteroatoms. The normalized spacial score (nSPS) is 25.2. The number of aliphatic hydroxyl groups excluding tert-OH is 2. The summed E-state index contributed by atoms with van der Waals surface area (Å²) < 4.78 is 30.4. The molecule has 0 unspecified atom stereocenters. The summed E-state index contributed by atoms with van der Waals surface area (Å²) in [5, 5.41) is 62.3. The van der Waals surface area contributed by atoms with Crippen molar-refractivity contribution in [2.75, 3.05) is 17.7 Å². The number of nitrogens with one attached hydrogen (secondary N) is 2. The Labute approximate surface area is 451 Å². The Morgan fingerprint density at radius 1 is 0.949 bits per heavy atom. The lowest BCUT2D eigenvalue weighted by Gasteiger charge is -2.38. The number of phenols is 2. The Balaban J connectivity index is 0.000000351. The number of ketones is 1. The fraction of sp³-hybridized carbons (Fsp3) is 0.364. The number of benzene rings is 3. The van der Waals surface area contributed by atoms with Crippen LogP contribution in [0.25, 0.3) is 27.5 Å². The highest BCUT2D eigenvalue weighted by Gasteiger charge is 2.50. The minimum absolute atomic E-state index is 0.0185. The summed E-state index contributed by atoms with van der Waals surface area (Å²) in [5.41, 5.74) is 2.31. The van der Waals surface area contributed by atoms with Gasteiger partial charge in [0.05, 0.1) is 46.0 Å². The minimum Gasteiger partial charge on any atom is -0.507 e. The molecule has 2 aliphatic heterocycles. The van der Waals surface area contributed by atoms with Gasteiger partial charge in [-0.15, -0.1) is 0 Å². The lowest BCUT2D eigenvalue weighted by atomic mass is 9.78. The summed E-state index contributed by atoms with van der Waals surface area (Å²) in [6.07, 6.45) is 6.68. The molecular weight excluding hydrogens is 1030 g/mol. The number of anilines is 2. The van der Waals surface area contributed by atoms with Crippen LogP contribution in [0, 0.1) is 47.6 Å². The number of carbonyl (C=O) groups excluding carboxylic acids is 5. The average molecular weight is 1090 g/mol. The Morgan fingerprint density at radius 3 is 2.31 bits per heavy atom. The van der Waals surface area contributed by atoms with Gasteiger partial charge in [-0.2, -0.15) is 0 Å². The van der Waals surface area contributed by atoms with Crippen LogP contribution in [0.5, 0.6) is 23.0 Å². The van der Waals surface area contributed by atoms with Gasteiger partial charge in [0.15, 0.2) is 10.9 Å². The number of aliphatic hydroxyl groups is 2. The molecule has 6 aromatic rings. The molecule has 3 aromatic heterocycles. The molecule has 2 amide bonds. The van der Waals surface area contributed by atoms with E-state index >= 15 is 0 Å². The number of aromatic nitrogens is 3. The molecule has 5 heterocycles. The summed E-state index contributed by atoms with van der Waals surface area (Å²) >= 11 is 0.734. The lowest BCUT2D eigenvalue weighted by molar-refractivity contribution is -0.380. The van der Waals surface area contributed by atoms with E-state index in [0.29, 0.717) is 5.65 Å². The first-order valence-corrected chi connectivity index (χ1v) is 25.4. The summed E-state index contributed by atoms with van der Waals surface area (Å²) in [7, 11) is 1.46. The SMILES string of the molecule is CC(=O)Oc1ccccc1C(=O)Nc1ncc([N+](=O)[O-])s1.CO[C@H]1/C=C/O[C@@]2(C)Oc3c(C)c(O)c4c(O)c(c5c(nc6cc(C)ccn65)c4c3C2=O)NC(=O)/C(C)=C\C=C\[C@H](C)[C@H](O)[C@@H](C)[C@@H](O)[C@@H](C)[C@H](OC(C)=O)[C@@H]1C. The van der Waals surface area contributed by atoms with E-state index in [1.807, 2.05) is 19.1 Å². The number of methoxy groups -OCH3 is 1. The minimum atomic E-state index is -1.96. The number of rotatable bonds is 6. The molecule has 0 aliphatic carbocycles. The Morgan fingerprint density at radius 2 is 1.65 bits per heavy atom. The molecule has 2 aliphatic rings. The molecule has 3 aromatic carbocycles. The topological polar surface area (TPSA) is 310 Å². The average Bonchev–Trinajstić information content (AvgIpc) is 4.24. The number of hydrogen-bond donors (Lipinski definition) is 6. The standard InChI is InChI=1S/C43H51N3O11.C12H9N3O5S/c1-19-14-16-46-28(18-19)44-32-29-30-37(50)25(7)40-31(29)41(52)43(9,57-40)55-17-15-27(54-10)22(4)39(56-26(8)47)24(6)36(49)23(5)35(48)20(2)12-11-13-21(3)42(53)45-33(34(32)46)38(30)51;1-7(16)20-9-5-3-2-4-8(9)11(17)14-12-13-6-10(21-12)15(18)19/h11-18,20,22-24,27,35-36,39,48-51H,1-10H3,(H,45,53);2-6H,1H3,(H,13,14,17)/b12-11+,17-15+,21-13-;/t20-,22+,23+,24+,27-,35-,36+,39+,43-;/m0./s1. The van der Waals surface area contributed by atoms with Crippen molar-refractivity contribution in [2.45, 2.75) is 99.4 Å². The van der Waals surface area contributed by atoms with Gasteiger partial charge in [-0.1, -0.05) is 58.1 Å². The third-order valence-corrected chi connectivity index (χ3v) is 14.7. The first-order chi connectivity index (χ1) is 36.8. The van der Waals surface area contributed by atoms with Gasteiger partial charge in [-0.25, -0.2) is 9.97 Å². The number of pyridine rings is 1. The third kappa shape index (κ3) is 11.4. The van der Waals surface area contributed by atoms with Crippen LogP contribution in [-0.4, -0.2) is 107 Å². The van der Waals surface area contributed by atoms with Crippen LogP contribution in [0.15, 0.2) is 84.9 Å².